The molecule has 6 rings (SSSR count). The van der Waals surface area contributed by atoms with E-state index in [1.807, 2.05) is 0 Å². The number of non-ortho nitro benzene ring substituents is 2. The number of aromatic amines is 2. The molecule has 2 N–H and O–H groups in total. The standard InChI is InChI=1S/C31H20Cl2F2N6O7/c32-11-17(19-13-38-30-27(19)25(5-7-36-30)47-23-3-1-15(40(43)44)9-21(23)34)29(42)18(12-33)20-14-39-31-28(20)26(6-8-37-31)48-24-4-2-16(41(45)46)10-22(24)35/h1-10,13-14,17-18H,11-12H2,(H,36,38)(H,37,39). The van der Waals surface area contributed by atoms with Gasteiger partial charge in [-0.05, 0) is 35.4 Å². The molecule has 0 aliphatic heterocycles. The largest absolute Gasteiger partial charge is 0.453 e. The summed E-state index contributed by atoms with van der Waals surface area (Å²) in [4.78, 5) is 49.4. The van der Waals surface area contributed by atoms with Crippen LogP contribution in [0.2, 0.25) is 0 Å². The Bertz CT molecular complexity index is 2070. The van der Waals surface area contributed by atoms with Crippen molar-refractivity contribution in [1.29, 1.82) is 0 Å². The van der Waals surface area contributed by atoms with E-state index in [-0.39, 0.29) is 34.8 Å². The van der Waals surface area contributed by atoms with Crippen molar-refractivity contribution in [2.24, 2.45) is 0 Å². The first-order chi connectivity index (χ1) is 23.1. The van der Waals surface area contributed by atoms with E-state index in [0.29, 0.717) is 33.2 Å². The molecular weight excluding hydrogens is 677 g/mol. The number of nitro groups is 2. The van der Waals surface area contributed by atoms with Crippen molar-refractivity contribution in [1.82, 2.24) is 19.9 Å². The predicted octanol–water partition coefficient (Wildman–Crippen LogP) is 8.03. The van der Waals surface area contributed by atoms with Crippen LogP contribution in [-0.4, -0.2) is 47.3 Å². The van der Waals surface area contributed by atoms with Gasteiger partial charge in [-0.1, -0.05) is 0 Å². The van der Waals surface area contributed by atoms with Gasteiger partial charge in [0.25, 0.3) is 11.4 Å². The van der Waals surface area contributed by atoms with Gasteiger partial charge >= 0.3 is 0 Å². The molecule has 17 heteroatoms. The molecule has 0 aliphatic carbocycles. The van der Waals surface area contributed by atoms with E-state index in [2.05, 4.69) is 19.9 Å². The highest BCUT2D eigenvalue weighted by atomic mass is 35.5. The fraction of sp³-hybridized carbons (Fsp3) is 0.129. The molecule has 48 heavy (non-hydrogen) atoms. The lowest BCUT2D eigenvalue weighted by molar-refractivity contribution is -0.385. The van der Waals surface area contributed by atoms with Crippen LogP contribution in [0.1, 0.15) is 23.0 Å². The first-order valence-corrected chi connectivity index (χ1v) is 15.0. The summed E-state index contributed by atoms with van der Waals surface area (Å²) in [6, 6.07) is 8.77. The fourth-order valence-corrected chi connectivity index (χ4v) is 5.93. The predicted molar refractivity (Wildman–Crippen MR) is 170 cm³/mol. The number of halogens is 4. The summed E-state index contributed by atoms with van der Waals surface area (Å²) in [6.45, 7) is 0. The number of Topliss-reactive ketones (excluding diaryl/α,β-unsaturated/α-hetero) is 1. The maximum atomic E-state index is 14.7. The molecule has 6 aromatic rings. The number of ether oxygens (including phenoxy) is 2. The van der Waals surface area contributed by atoms with Crippen molar-refractivity contribution in [2.75, 3.05) is 11.8 Å². The number of hydrogen-bond donors (Lipinski definition) is 2. The maximum Gasteiger partial charge on any atom is 0.272 e. The van der Waals surface area contributed by atoms with E-state index < -0.39 is 50.5 Å². The third-order valence-electron chi connectivity index (χ3n) is 7.57. The van der Waals surface area contributed by atoms with E-state index in [1.165, 1.54) is 36.9 Å². The van der Waals surface area contributed by atoms with Gasteiger partial charge in [-0.15, -0.1) is 23.2 Å². The van der Waals surface area contributed by atoms with Gasteiger partial charge in [-0.25, -0.2) is 18.7 Å². The lowest BCUT2D eigenvalue weighted by Crippen LogP contribution is -2.23. The van der Waals surface area contributed by atoms with Gasteiger partial charge in [0, 0.05) is 48.7 Å². The Labute approximate surface area is 277 Å². The highest BCUT2D eigenvalue weighted by Crippen LogP contribution is 2.41. The maximum absolute atomic E-state index is 14.7. The van der Waals surface area contributed by atoms with Crippen LogP contribution in [0, 0.1) is 31.9 Å². The van der Waals surface area contributed by atoms with E-state index in [0.717, 1.165) is 36.4 Å². The second kappa shape index (κ2) is 13.2. The number of nitro benzene ring substituents is 2. The second-order valence-corrected chi connectivity index (χ2v) is 10.9. The number of H-pyrrole nitrogens is 2. The van der Waals surface area contributed by atoms with Crippen LogP contribution in [0.5, 0.6) is 23.0 Å². The number of aromatic nitrogens is 4. The Balaban J connectivity index is 1.37. The summed E-state index contributed by atoms with van der Waals surface area (Å²) in [5.41, 5.74) is 0.419. The molecule has 4 aromatic heterocycles. The molecule has 4 heterocycles. The molecule has 0 amide bonds. The third kappa shape index (κ3) is 5.96. The van der Waals surface area contributed by atoms with Crippen LogP contribution < -0.4 is 9.47 Å². The van der Waals surface area contributed by atoms with E-state index in [9.17, 15) is 33.8 Å². The zero-order chi connectivity index (χ0) is 34.1. The highest BCUT2D eigenvalue weighted by Gasteiger charge is 2.34. The number of ketones is 1. The summed E-state index contributed by atoms with van der Waals surface area (Å²) in [5, 5.41) is 22.7. The number of fused-ring (bicyclic) bond motifs is 2. The Hall–Kier alpha value is -5.67. The minimum Gasteiger partial charge on any atom is -0.453 e. The van der Waals surface area contributed by atoms with Crippen molar-refractivity contribution < 1.29 is 32.9 Å². The van der Waals surface area contributed by atoms with Crippen LogP contribution in [0.25, 0.3) is 22.1 Å². The fourth-order valence-electron chi connectivity index (χ4n) is 5.30. The molecular formula is C31H20Cl2F2N6O7. The van der Waals surface area contributed by atoms with Gasteiger partial charge in [0.1, 0.15) is 28.6 Å². The van der Waals surface area contributed by atoms with Crippen molar-refractivity contribution in [3.05, 3.63) is 116 Å². The van der Waals surface area contributed by atoms with Crippen molar-refractivity contribution >= 4 is 62.4 Å². The normalized spacial score (nSPS) is 12.6. The van der Waals surface area contributed by atoms with Crippen LogP contribution in [0.15, 0.2) is 73.3 Å². The Morgan fingerprint density at radius 1 is 0.729 bits per heavy atom. The van der Waals surface area contributed by atoms with Crippen LogP contribution in [-0.2, 0) is 4.79 Å². The molecule has 0 aliphatic rings. The van der Waals surface area contributed by atoms with Gasteiger partial charge in [-0.3, -0.25) is 25.0 Å². The number of carbonyl (C=O) groups is 1. The minimum atomic E-state index is -1.00. The lowest BCUT2D eigenvalue weighted by atomic mass is 9.85. The Kier molecular flexibility index (Phi) is 8.88. The monoisotopic (exact) mass is 696 g/mol. The third-order valence-corrected chi connectivity index (χ3v) is 8.19. The minimum absolute atomic E-state index is 0.103. The topological polar surface area (TPSA) is 179 Å². The summed E-state index contributed by atoms with van der Waals surface area (Å²) >= 11 is 12.8. The van der Waals surface area contributed by atoms with Crippen LogP contribution in [0.4, 0.5) is 20.2 Å². The van der Waals surface area contributed by atoms with Crippen LogP contribution >= 0.6 is 23.2 Å². The van der Waals surface area contributed by atoms with E-state index >= 15 is 0 Å². The first kappa shape index (κ1) is 32.3. The second-order valence-electron chi connectivity index (χ2n) is 10.3. The number of nitrogens with one attached hydrogen (secondary N) is 2. The highest BCUT2D eigenvalue weighted by molar-refractivity contribution is 6.23. The molecule has 0 saturated carbocycles. The lowest BCUT2D eigenvalue weighted by Gasteiger charge is -2.20. The van der Waals surface area contributed by atoms with Crippen LogP contribution in [0.3, 0.4) is 0 Å². The molecule has 0 spiro atoms. The Morgan fingerprint density at radius 3 is 1.50 bits per heavy atom. The number of carbonyl (C=O) groups excluding carboxylic acids is 1. The SMILES string of the molecule is O=C(C(CCl)c1c[nH]c2nccc(Oc3ccc([N+](=O)[O-])cc3F)c12)C(CCl)c1c[nH]c2nccc(Oc3ccc([N+](=O)[O-])cc3F)c12. The Morgan fingerprint density at radius 2 is 1.15 bits per heavy atom. The van der Waals surface area contributed by atoms with Gasteiger partial charge in [0.2, 0.25) is 0 Å². The average molecular weight is 697 g/mol. The van der Waals surface area contributed by atoms with Crippen molar-refractivity contribution in [3.8, 4) is 23.0 Å². The quantitative estimate of drug-likeness (QED) is 0.0727. The number of rotatable bonds is 12. The molecule has 2 atom stereocenters. The van der Waals surface area contributed by atoms with Gasteiger partial charge in [0.15, 0.2) is 23.1 Å². The molecule has 244 valence electrons. The number of benzene rings is 2. The van der Waals surface area contributed by atoms with Crippen molar-refractivity contribution in [2.45, 2.75) is 11.8 Å². The molecule has 2 unspecified atom stereocenters. The van der Waals surface area contributed by atoms with Crippen molar-refractivity contribution in [3.63, 3.8) is 0 Å². The molecule has 0 fully saturated rings. The average Bonchev–Trinajstić information content (AvgIpc) is 3.70. The number of hydrogen-bond acceptors (Lipinski definition) is 9. The molecule has 13 nitrogen and oxygen atoms in total. The molecule has 0 bridgehead atoms. The molecule has 2 aromatic carbocycles. The summed E-state index contributed by atoms with van der Waals surface area (Å²) < 4.78 is 41.1. The summed E-state index contributed by atoms with van der Waals surface area (Å²) in [7, 11) is 0. The number of alkyl halides is 2. The smallest absolute Gasteiger partial charge is 0.272 e. The zero-order valence-corrected chi connectivity index (χ0v) is 25.7. The van der Waals surface area contributed by atoms with Gasteiger partial charge < -0.3 is 19.4 Å². The summed E-state index contributed by atoms with van der Waals surface area (Å²) in [5.74, 6) is -5.18. The number of pyridine rings is 2. The van der Waals surface area contributed by atoms with Gasteiger partial charge in [0.05, 0.1) is 44.6 Å². The van der Waals surface area contributed by atoms with E-state index in [4.69, 9.17) is 32.7 Å². The zero-order valence-electron chi connectivity index (χ0n) is 24.2. The number of nitrogens with zero attached hydrogens (tertiary/aromatic N) is 4. The van der Waals surface area contributed by atoms with E-state index in [1.54, 1.807) is 0 Å². The molecule has 0 saturated heterocycles. The summed E-state index contributed by atoms with van der Waals surface area (Å²) in [6.07, 6.45) is 5.84. The molecule has 0 radical (unpaired) electrons. The first-order valence-electron chi connectivity index (χ1n) is 13.9. The van der Waals surface area contributed by atoms with Gasteiger partial charge in [-0.2, -0.15) is 0 Å².